The number of carbonyl (C=O) groups excluding carboxylic acids is 2. The van der Waals surface area contributed by atoms with Crippen LogP contribution in [0.25, 0.3) is 16.6 Å². The van der Waals surface area contributed by atoms with E-state index in [4.69, 9.17) is 4.74 Å². The van der Waals surface area contributed by atoms with Gasteiger partial charge in [0.2, 0.25) is 5.88 Å². The predicted molar refractivity (Wildman–Crippen MR) is 129 cm³/mol. The zero-order chi connectivity index (χ0) is 28.5. The highest BCUT2D eigenvalue weighted by atomic mass is 19.4. The van der Waals surface area contributed by atoms with E-state index in [0.717, 1.165) is 15.1 Å². The molecule has 1 aliphatic heterocycles. The highest BCUT2D eigenvalue weighted by Crippen LogP contribution is 2.33. The lowest BCUT2D eigenvalue weighted by Gasteiger charge is -2.38. The maximum atomic E-state index is 14.9. The van der Waals surface area contributed by atoms with Gasteiger partial charge in [-0.15, -0.1) is 0 Å². The third-order valence-electron chi connectivity index (χ3n) is 6.22. The Labute approximate surface area is 223 Å². The molecule has 2 aromatic carbocycles. The number of benzene rings is 2. The molecule has 5 rings (SSSR count). The lowest BCUT2D eigenvalue weighted by Crippen LogP contribution is -2.55. The molecule has 0 N–H and O–H groups in total. The lowest BCUT2D eigenvalue weighted by molar-refractivity contribution is -0.201. The first kappa shape index (κ1) is 27.0. The van der Waals surface area contributed by atoms with Crippen molar-refractivity contribution in [3.05, 3.63) is 78.1 Å². The van der Waals surface area contributed by atoms with Crippen LogP contribution >= 0.6 is 0 Å². The molecule has 208 valence electrons. The third kappa shape index (κ3) is 5.70. The average Bonchev–Trinajstić information content (AvgIpc) is 3.46. The number of hydrogen-bond acceptors (Lipinski definition) is 7. The molecular formula is C26H20F5N5O4. The van der Waals surface area contributed by atoms with Crippen LogP contribution in [0.4, 0.5) is 22.0 Å². The lowest BCUT2D eigenvalue weighted by atomic mass is 10.0. The van der Waals surface area contributed by atoms with Crippen molar-refractivity contribution >= 4 is 22.8 Å². The van der Waals surface area contributed by atoms with Gasteiger partial charge in [0, 0.05) is 24.4 Å². The number of halogens is 5. The fourth-order valence-corrected chi connectivity index (χ4v) is 4.20. The minimum Gasteiger partial charge on any atom is -0.466 e. The third-order valence-corrected chi connectivity index (χ3v) is 6.22. The number of amides is 1. The van der Waals surface area contributed by atoms with Gasteiger partial charge in [-0.2, -0.15) is 28.2 Å². The van der Waals surface area contributed by atoms with E-state index in [2.05, 4.69) is 19.9 Å². The number of ether oxygens (including phenoxy) is 2. The Balaban J connectivity index is 1.40. The number of hydrogen-bond donors (Lipinski definition) is 0. The molecule has 1 saturated heterocycles. The molecule has 1 unspecified atom stereocenters. The number of nitrogens with zero attached hydrogens (tertiary/aromatic N) is 5. The molecule has 14 heteroatoms. The van der Waals surface area contributed by atoms with Gasteiger partial charge in [-0.25, -0.2) is 18.6 Å². The number of likely N-dealkylation sites (tertiary alicyclic amines) is 1. The quantitative estimate of drug-likeness (QED) is 0.255. The van der Waals surface area contributed by atoms with Gasteiger partial charge in [0.1, 0.15) is 6.61 Å². The van der Waals surface area contributed by atoms with E-state index in [0.29, 0.717) is 5.52 Å². The van der Waals surface area contributed by atoms with Crippen LogP contribution < -0.4 is 4.74 Å². The van der Waals surface area contributed by atoms with E-state index in [1.54, 1.807) is 18.2 Å². The number of para-hydroxylation sites is 1. The summed E-state index contributed by atoms with van der Waals surface area (Å²) in [7, 11) is 0. The molecule has 0 aliphatic carbocycles. The number of piperidine rings is 1. The van der Waals surface area contributed by atoms with Crippen molar-refractivity contribution in [1.29, 1.82) is 0 Å². The Morgan fingerprint density at radius 3 is 2.52 bits per heavy atom. The molecule has 40 heavy (non-hydrogen) atoms. The first-order valence-corrected chi connectivity index (χ1v) is 11.9. The summed E-state index contributed by atoms with van der Waals surface area (Å²) >= 11 is 0. The molecule has 0 saturated carbocycles. The number of rotatable bonds is 6. The van der Waals surface area contributed by atoms with Crippen molar-refractivity contribution in [3.63, 3.8) is 0 Å². The second-order valence-electron chi connectivity index (χ2n) is 8.95. The van der Waals surface area contributed by atoms with Gasteiger partial charge in [0.05, 0.1) is 35.7 Å². The van der Waals surface area contributed by atoms with E-state index in [1.807, 2.05) is 12.1 Å². The number of esters is 1. The summed E-state index contributed by atoms with van der Waals surface area (Å²) in [5.41, 5.74) is 0.662. The van der Waals surface area contributed by atoms with Gasteiger partial charge < -0.3 is 14.4 Å². The van der Waals surface area contributed by atoms with E-state index in [-0.39, 0.29) is 29.2 Å². The summed E-state index contributed by atoms with van der Waals surface area (Å²) in [6.45, 7) is -1.60. The van der Waals surface area contributed by atoms with Gasteiger partial charge in [-0.05, 0) is 29.8 Å². The molecule has 2 aromatic heterocycles. The Bertz CT molecular complexity index is 1540. The zero-order valence-electron chi connectivity index (χ0n) is 20.5. The summed E-state index contributed by atoms with van der Waals surface area (Å²) in [5.74, 6) is -6.41. The predicted octanol–water partition coefficient (Wildman–Crippen LogP) is 4.35. The SMILES string of the molecule is O=C(c1cc(COC(=O)C(F)(F)F)ccc1-n1nccn1)N1CCC(F)(F)C(Oc2ccc3ccccc3n2)C1. The Kier molecular flexibility index (Phi) is 7.08. The summed E-state index contributed by atoms with van der Waals surface area (Å²) in [6.07, 6.45) is -4.92. The van der Waals surface area contributed by atoms with Crippen LogP contribution in [0.15, 0.2) is 67.0 Å². The van der Waals surface area contributed by atoms with Crippen LogP contribution in [0.1, 0.15) is 22.3 Å². The largest absolute Gasteiger partial charge is 0.490 e. The zero-order valence-corrected chi connectivity index (χ0v) is 20.5. The first-order valence-electron chi connectivity index (χ1n) is 11.9. The molecule has 1 atom stereocenters. The maximum absolute atomic E-state index is 14.9. The fraction of sp³-hybridized carbons (Fsp3) is 0.269. The highest BCUT2D eigenvalue weighted by molar-refractivity contribution is 5.98. The van der Waals surface area contributed by atoms with Crippen LogP contribution in [-0.2, 0) is 16.1 Å². The van der Waals surface area contributed by atoms with Crippen molar-refractivity contribution in [2.45, 2.75) is 31.2 Å². The van der Waals surface area contributed by atoms with Crippen LogP contribution in [0.3, 0.4) is 0 Å². The van der Waals surface area contributed by atoms with Crippen LogP contribution in [0.2, 0.25) is 0 Å². The van der Waals surface area contributed by atoms with E-state index >= 15 is 0 Å². The maximum Gasteiger partial charge on any atom is 0.490 e. The monoisotopic (exact) mass is 561 g/mol. The van der Waals surface area contributed by atoms with Crippen molar-refractivity contribution in [2.75, 3.05) is 13.1 Å². The molecule has 0 radical (unpaired) electrons. The van der Waals surface area contributed by atoms with E-state index in [9.17, 15) is 31.5 Å². The molecule has 1 aliphatic rings. The second-order valence-corrected chi connectivity index (χ2v) is 8.95. The summed E-state index contributed by atoms with van der Waals surface area (Å²) in [5, 5.41) is 8.75. The van der Waals surface area contributed by atoms with Crippen molar-refractivity contribution in [3.8, 4) is 11.6 Å². The Morgan fingerprint density at radius 1 is 1.02 bits per heavy atom. The minimum atomic E-state index is -5.19. The van der Waals surface area contributed by atoms with Crippen LogP contribution in [0.5, 0.6) is 5.88 Å². The summed E-state index contributed by atoms with van der Waals surface area (Å²) in [4.78, 5) is 31.3. The summed E-state index contributed by atoms with van der Waals surface area (Å²) in [6, 6.07) is 14.1. The van der Waals surface area contributed by atoms with Gasteiger partial charge in [-0.1, -0.05) is 24.3 Å². The molecule has 3 heterocycles. The van der Waals surface area contributed by atoms with Gasteiger partial charge in [0.25, 0.3) is 11.8 Å². The number of fused-ring (bicyclic) bond motifs is 1. The Hall–Kier alpha value is -4.62. The smallest absolute Gasteiger partial charge is 0.466 e. The van der Waals surface area contributed by atoms with Crippen molar-refractivity contribution in [2.24, 2.45) is 0 Å². The van der Waals surface area contributed by atoms with Crippen LogP contribution in [-0.4, -0.2) is 68.0 Å². The van der Waals surface area contributed by atoms with E-state index in [1.165, 1.54) is 36.7 Å². The van der Waals surface area contributed by atoms with Gasteiger partial charge in [0.15, 0.2) is 6.10 Å². The molecule has 9 nitrogen and oxygen atoms in total. The standard InChI is InChI=1S/C26H20F5N5O4/c27-25(28)9-12-35(14-21(25)40-22-8-6-17-3-1-2-4-19(17)34-22)23(37)18-13-16(15-39-24(38)26(29,30)31)5-7-20(18)36-32-10-11-33-36/h1-8,10-11,13,21H,9,12,14-15H2. The molecule has 1 amide bonds. The number of aromatic nitrogens is 4. The van der Waals surface area contributed by atoms with Gasteiger partial charge >= 0.3 is 12.1 Å². The molecular weight excluding hydrogens is 541 g/mol. The molecule has 0 spiro atoms. The minimum absolute atomic E-state index is 0.0346. The van der Waals surface area contributed by atoms with Crippen molar-refractivity contribution in [1.82, 2.24) is 24.9 Å². The number of carbonyl (C=O) groups is 2. The Morgan fingerprint density at radius 2 is 1.77 bits per heavy atom. The van der Waals surface area contributed by atoms with Gasteiger partial charge in [-0.3, -0.25) is 4.79 Å². The number of pyridine rings is 1. The first-order chi connectivity index (χ1) is 19.0. The normalized spacial score (nSPS) is 17.0. The summed E-state index contributed by atoms with van der Waals surface area (Å²) < 4.78 is 77.3. The second kappa shape index (κ2) is 10.5. The van der Waals surface area contributed by atoms with Crippen LogP contribution in [0, 0.1) is 0 Å². The highest BCUT2D eigenvalue weighted by Gasteiger charge is 2.47. The molecule has 0 bridgehead atoms. The fourth-order valence-electron chi connectivity index (χ4n) is 4.20. The number of alkyl halides is 5. The topological polar surface area (TPSA) is 99.4 Å². The average molecular weight is 561 g/mol. The van der Waals surface area contributed by atoms with Crippen molar-refractivity contribution < 1.29 is 41.0 Å². The molecule has 4 aromatic rings. The molecule has 1 fully saturated rings. The van der Waals surface area contributed by atoms with E-state index < -0.39 is 49.7 Å².